The highest BCUT2D eigenvalue weighted by Gasteiger charge is 2.12. The lowest BCUT2D eigenvalue weighted by Gasteiger charge is -2.07. The lowest BCUT2D eigenvalue weighted by Crippen LogP contribution is -2.07. The Kier molecular flexibility index (Phi) is 4.18. The standard InChI is InChI=1S/C8H6F2N4O3/c9-8(10)4-17-7-2-1-5(14(15)16)3-6(7)12-13-11/h1-3,8H,4H2. The van der Waals surface area contributed by atoms with Gasteiger partial charge < -0.3 is 4.74 Å². The maximum atomic E-state index is 11.9. The van der Waals surface area contributed by atoms with Crippen molar-refractivity contribution in [1.82, 2.24) is 0 Å². The van der Waals surface area contributed by atoms with Crippen LogP contribution in [0.25, 0.3) is 10.4 Å². The van der Waals surface area contributed by atoms with E-state index in [4.69, 9.17) is 5.53 Å². The van der Waals surface area contributed by atoms with Crippen molar-refractivity contribution in [2.24, 2.45) is 5.11 Å². The molecule has 1 aromatic rings. The fourth-order valence-corrected chi connectivity index (χ4v) is 1.02. The molecular weight excluding hydrogens is 238 g/mol. The van der Waals surface area contributed by atoms with Gasteiger partial charge in [0.15, 0.2) is 0 Å². The summed E-state index contributed by atoms with van der Waals surface area (Å²) in [6.45, 7) is -0.883. The van der Waals surface area contributed by atoms with Crippen LogP contribution in [0, 0.1) is 10.1 Å². The number of azide groups is 1. The number of nitro benzene ring substituents is 1. The largest absolute Gasteiger partial charge is 0.487 e. The van der Waals surface area contributed by atoms with E-state index >= 15 is 0 Å². The van der Waals surface area contributed by atoms with Crippen molar-refractivity contribution in [1.29, 1.82) is 0 Å². The predicted octanol–water partition coefficient (Wildman–Crippen LogP) is 3.18. The van der Waals surface area contributed by atoms with Crippen LogP contribution in [0.3, 0.4) is 0 Å². The fourth-order valence-electron chi connectivity index (χ4n) is 1.02. The summed E-state index contributed by atoms with van der Waals surface area (Å²) in [5, 5.41) is 13.6. The van der Waals surface area contributed by atoms with Crippen molar-refractivity contribution in [3.8, 4) is 5.75 Å². The van der Waals surface area contributed by atoms with Crippen LogP contribution in [0.5, 0.6) is 5.75 Å². The average Bonchev–Trinajstić information content (AvgIpc) is 2.27. The molecule has 1 rings (SSSR count). The third kappa shape index (κ3) is 3.58. The number of halogens is 2. The number of nitrogens with zero attached hydrogens (tertiary/aromatic N) is 4. The molecule has 0 atom stereocenters. The van der Waals surface area contributed by atoms with E-state index in [-0.39, 0.29) is 17.1 Å². The van der Waals surface area contributed by atoms with Crippen LogP contribution in [0.2, 0.25) is 0 Å². The van der Waals surface area contributed by atoms with Gasteiger partial charge in [-0.1, -0.05) is 5.11 Å². The van der Waals surface area contributed by atoms with E-state index in [2.05, 4.69) is 14.8 Å². The van der Waals surface area contributed by atoms with E-state index < -0.39 is 18.0 Å². The quantitative estimate of drug-likeness (QED) is 0.261. The Labute approximate surface area is 93.4 Å². The minimum atomic E-state index is -2.69. The van der Waals surface area contributed by atoms with E-state index in [0.717, 1.165) is 18.2 Å². The summed E-state index contributed by atoms with van der Waals surface area (Å²) >= 11 is 0. The number of rotatable bonds is 5. The summed E-state index contributed by atoms with van der Waals surface area (Å²) in [7, 11) is 0. The zero-order valence-corrected chi connectivity index (χ0v) is 8.29. The second-order valence-electron chi connectivity index (χ2n) is 2.80. The molecule has 0 aromatic heterocycles. The highest BCUT2D eigenvalue weighted by Crippen LogP contribution is 2.32. The molecule has 0 saturated heterocycles. The van der Waals surface area contributed by atoms with Crippen molar-refractivity contribution in [3.63, 3.8) is 0 Å². The Bertz CT molecular complexity index is 474. The van der Waals surface area contributed by atoms with Crippen molar-refractivity contribution >= 4 is 11.4 Å². The Morgan fingerprint density at radius 3 is 2.82 bits per heavy atom. The zero-order chi connectivity index (χ0) is 12.8. The first-order valence-corrected chi connectivity index (χ1v) is 4.29. The van der Waals surface area contributed by atoms with Gasteiger partial charge in [0.25, 0.3) is 12.1 Å². The number of ether oxygens (including phenoxy) is 1. The van der Waals surface area contributed by atoms with E-state index in [0.29, 0.717) is 0 Å². The van der Waals surface area contributed by atoms with Gasteiger partial charge in [0.1, 0.15) is 12.4 Å². The normalized spacial score (nSPS) is 9.82. The second kappa shape index (κ2) is 5.61. The molecule has 0 heterocycles. The highest BCUT2D eigenvalue weighted by molar-refractivity contribution is 5.57. The fraction of sp³-hybridized carbons (Fsp3) is 0.250. The predicted molar refractivity (Wildman–Crippen MR) is 53.4 cm³/mol. The molecule has 0 aliphatic rings. The molecule has 0 N–H and O–H groups in total. The van der Waals surface area contributed by atoms with Gasteiger partial charge in [0, 0.05) is 17.0 Å². The third-order valence-electron chi connectivity index (χ3n) is 1.67. The molecule has 17 heavy (non-hydrogen) atoms. The molecule has 1 aromatic carbocycles. The van der Waals surface area contributed by atoms with Crippen LogP contribution < -0.4 is 4.74 Å². The molecule has 0 saturated carbocycles. The molecule has 0 aliphatic heterocycles. The van der Waals surface area contributed by atoms with Crippen LogP contribution in [-0.2, 0) is 0 Å². The Morgan fingerprint density at radius 1 is 1.59 bits per heavy atom. The minimum Gasteiger partial charge on any atom is -0.487 e. The maximum Gasteiger partial charge on any atom is 0.272 e. The number of alkyl halides is 2. The van der Waals surface area contributed by atoms with Gasteiger partial charge >= 0.3 is 0 Å². The summed E-state index contributed by atoms with van der Waals surface area (Å²) in [6.07, 6.45) is -2.69. The van der Waals surface area contributed by atoms with E-state index in [1.807, 2.05) is 0 Å². The summed E-state index contributed by atoms with van der Waals surface area (Å²) in [4.78, 5) is 12.2. The molecule has 0 bridgehead atoms. The number of hydrogen-bond acceptors (Lipinski definition) is 4. The van der Waals surface area contributed by atoms with Gasteiger partial charge in [-0.3, -0.25) is 10.1 Å². The van der Waals surface area contributed by atoms with Crippen LogP contribution in [-0.4, -0.2) is 18.0 Å². The number of hydrogen-bond donors (Lipinski definition) is 0. The SMILES string of the molecule is [N-]=[N+]=Nc1cc([N+](=O)[O-])ccc1OCC(F)F. The Balaban J connectivity index is 3.04. The maximum absolute atomic E-state index is 11.9. The molecule has 0 spiro atoms. The second-order valence-corrected chi connectivity index (χ2v) is 2.80. The molecule has 0 fully saturated rings. The number of benzene rings is 1. The first-order chi connectivity index (χ1) is 8.04. The minimum absolute atomic E-state index is 0.131. The molecule has 0 aliphatic carbocycles. The lowest BCUT2D eigenvalue weighted by atomic mass is 10.2. The first kappa shape index (κ1) is 12.7. The molecule has 90 valence electrons. The van der Waals surface area contributed by atoms with E-state index in [9.17, 15) is 18.9 Å². The van der Waals surface area contributed by atoms with Crippen molar-refractivity contribution < 1.29 is 18.4 Å². The summed E-state index contributed by atoms with van der Waals surface area (Å²) in [6, 6.07) is 3.11. The summed E-state index contributed by atoms with van der Waals surface area (Å²) in [5.74, 6) is -0.131. The summed E-state index contributed by atoms with van der Waals surface area (Å²) < 4.78 is 28.5. The van der Waals surface area contributed by atoms with Crippen molar-refractivity contribution in [2.45, 2.75) is 6.43 Å². The van der Waals surface area contributed by atoms with Gasteiger partial charge in [0.2, 0.25) is 0 Å². The summed E-state index contributed by atoms with van der Waals surface area (Å²) in [5.41, 5.74) is 7.71. The lowest BCUT2D eigenvalue weighted by molar-refractivity contribution is -0.384. The molecule has 0 unspecified atom stereocenters. The molecule has 0 amide bonds. The molecule has 9 heteroatoms. The van der Waals surface area contributed by atoms with Crippen LogP contribution in [0.15, 0.2) is 23.3 Å². The molecular formula is C8H6F2N4O3. The van der Waals surface area contributed by atoms with Gasteiger partial charge in [-0.25, -0.2) is 8.78 Å². The monoisotopic (exact) mass is 244 g/mol. The number of non-ortho nitro benzene ring substituents is 1. The Morgan fingerprint density at radius 2 is 2.29 bits per heavy atom. The van der Waals surface area contributed by atoms with Crippen LogP contribution in [0.1, 0.15) is 0 Å². The van der Waals surface area contributed by atoms with E-state index in [1.165, 1.54) is 0 Å². The van der Waals surface area contributed by atoms with Gasteiger partial charge in [-0.2, -0.15) is 0 Å². The number of nitro groups is 1. The van der Waals surface area contributed by atoms with Gasteiger partial charge in [-0.05, 0) is 11.6 Å². The highest BCUT2D eigenvalue weighted by atomic mass is 19.3. The van der Waals surface area contributed by atoms with Crippen LogP contribution in [0.4, 0.5) is 20.2 Å². The third-order valence-corrected chi connectivity index (χ3v) is 1.67. The van der Waals surface area contributed by atoms with Crippen molar-refractivity contribution in [2.75, 3.05) is 6.61 Å². The molecule has 7 nitrogen and oxygen atoms in total. The van der Waals surface area contributed by atoms with Crippen molar-refractivity contribution in [3.05, 3.63) is 38.8 Å². The first-order valence-electron chi connectivity index (χ1n) is 4.29. The zero-order valence-electron chi connectivity index (χ0n) is 8.29. The average molecular weight is 244 g/mol. The van der Waals surface area contributed by atoms with Gasteiger partial charge in [0.05, 0.1) is 10.6 Å². The van der Waals surface area contributed by atoms with Gasteiger partial charge in [-0.15, -0.1) is 0 Å². The Hall–Kier alpha value is -2.41. The van der Waals surface area contributed by atoms with Crippen LogP contribution >= 0.6 is 0 Å². The molecule has 0 radical (unpaired) electrons. The smallest absolute Gasteiger partial charge is 0.272 e. The van der Waals surface area contributed by atoms with E-state index in [1.54, 1.807) is 0 Å². The topological polar surface area (TPSA) is 101 Å².